The second kappa shape index (κ2) is 4.54. The molecule has 1 saturated heterocycles. The summed E-state index contributed by atoms with van der Waals surface area (Å²) in [4.78, 5) is 2.36. The molecule has 1 aromatic carbocycles. The largest absolute Gasteiger partial charge is 0.396 e. The number of anilines is 2. The lowest BCUT2D eigenvalue weighted by atomic mass is 9.99. The SMILES string of the molecule is Cc1cc(Cl)c(N)c(N2CCCC(C)C2)c1. The fourth-order valence-electron chi connectivity index (χ4n) is 2.40. The van der Waals surface area contributed by atoms with E-state index in [0.29, 0.717) is 5.02 Å². The summed E-state index contributed by atoms with van der Waals surface area (Å²) in [7, 11) is 0. The molecule has 2 nitrogen and oxygen atoms in total. The van der Waals surface area contributed by atoms with Gasteiger partial charge in [0.05, 0.1) is 16.4 Å². The van der Waals surface area contributed by atoms with Gasteiger partial charge in [0.25, 0.3) is 0 Å². The number of hydrogen-bond acceptors (Lipinski definition) is 2. The number of halogens is 1. The van der Waals surface area contributed by atoms with Crippen molar-refractivity contribution in [3.05, 3.63) is 22.7 Å². The van der Waals surface area contributed by atoms with Gasteiger partial charge in [0.15, 0.2) is 0 Å². The fraction of sp³-hybridized carbons (Fsp3) is 0.538. The van der Waals surface area contributed by atoms with Gasteiger partial charge >= 0.3 is 0 Å². The number of nitrogens with zero attached hydrogens (tertiary/aromatic N) is 1. The minimum atomic E-state index is 0.674. The predicted octanol–water partition coefficient (Wildman–Crippen LogP) is 3.47. The van der Waals surface area contributed by atoms with Crippen LogP contribution < -0.4 is 10.6 Å². The zero-order valence-electron chi connectivity index (χ0n) is 9.96. The first-order chi connectivity index (χ1) is 7.58. The molecule has 0 amide bonds. The minimum Gasteiger partial charge on any atom is -0.396 e. The number of rotatable bonds is 1. The first kappa shape index (κ1) is 11.6. The maximum absolute atomic E-state index is 6.12. The lowest BCUT2D eigenvalue weighted by molar-refractivity contribution is 0.447. The van der Waals surface area contributed by atoms with Crippen molar-refractivity contribution in [3.8, 4) is 0 Å². The van der Waals surface area contributed by atoms with Gasteiger partial charge in [0.1, 0.15) is 0 Å². The van der Waals surface area contributed by atoms with Crippen LogP contribution in [0.1, 0.15) is 25.3 Å². The zero-order chi connectivity index (χ0) is 11.7. The monoisotopic (exact) mass is 238 g/mol. The van der Waals surface area contributed by atoms with Gasteiger partial charge in [-0.05, 0) is 43.4 Å². The van der Waals surface area contributed by atoms with Gasteiger partial charge in [-0.25, -0.2) is 0 Å². The molecule has 0 bridgehead atoms. The third-order valence-corrected chi connectivity index (χ3v) is 3.56. The molecular formula is C13H19ClN2. The molecule has 0 spiro atoms. The Labute approximate surface area is 102 Å². The summed E-state index contributed by atoms with van der Waals surface area (Å²) in [6.07, 6.45) is 2.56. The molecule has 1 unspecified atom stereocenters. The van der Waals surface area contributed by atoms with Crippen molar-refractivity contribution in [1.29, 1.82) is 0 Å². The lowest BCUT2D eigenvalue weighted by Crippen LogP contribution is -2.34. The number of aryl methyl sites for hydroxylation is 1. The van der Waals surface area contributed by atoms with E-state index in [4.69, 9.17) is 17.3 Å². The van der Waals surface area contributed by atoms with Gasteiger partial charge < -0.3 is 10.6 Å². The van der Waals surface area contributed by atoms with Crippen molar-refractivity contribution in [2.45, 2.75) is 26.7 Å². The van der Waals surface area contributed by atoms with Crippen molar-refractivity contribution in [2.75, 3.05) is 23.7 Å². The predicted molar refractivity (Wildman–Crippen MR) is 71.2 cm³/mol. The topological polar surface area (TPSA) is 29.3 Å². The van der Waals surface area contributed by atoms with Crippen LogP contribution in [0.4, 0.5) is 11.4 Å². The van der Waals surface area contributed by atoms with Gasteiger partial charge in [-0.3, -0.25) is 0 Å². The van der Waals surface area contributed by atoms with Crippen LogP contribution in [-0.4, -0.2) is 13.1 Å². The van der Waals surface area contributed by atoms with Crippen molar-refractivity contribution < 1.29 is 0 Å². The van der Waals surface area contributed by atoms with Crippen LogP contribution in [0.25, 0.3) is 0 Å². The summed E-state index contributed by atoms with van der Waals surface area (Å²) < 4.78 is 0. The Morgan fingerprint density at radius 1 is 1.44 bits per heavy atom. The Balaban J connectivity index is 2.32. The number of nitrogens with two attached hydrogens (primary N) is 1. The van der Waals surface area contributed by atoms with Crippen LogP contribution in [-0.2, 0) is 0 Å². The summed E-state index contributed by atoms with van der Waals surface area (Å²) in [5, 5.41) is 0.674. The van der Waals surface area contributed by atoms with E-state index in [1.165, 1.54) is 18.4 Å². The van der Waals surface area contributed by atoms with Crippen LogP contribution in [0.2, 0.25) is 5.02 Å². The van der Waals surface area contributed by atoms with Crippen LogP contribution >= 0.6 is 11.6 Å². The first-order valence-electron chi connectivity index (χ1n) is 5.88. The molecule has 1 fully saturated rings. The quantitative estimate of drug-likeness (QED) is 0.760. The molecule has 88 valence electrons. The molecule has 0 aliphatic carbocycles. The van der Waals surface area contributed by atoms with Crippen molar-refractivity contribution in [3.63, 3.8) is 0 Å². The van der Waals surface area contributed by atoms with Crippen LogP contribution in [0.3, 0.4) is 0 Å². The zero-order valence-corrected chi connectivity index (χ0v) is 10.7. The van der Waals surface area contributed by atoms with Gasteiger partial charge in [-0.1, -0.05) is 18.5 Å². The molecular weight excluding hydrogens is 220 g/mol. The van der Waals surface area contributed by atoms with Gasteiger partial charge in [-0.2, -0.15) is 0 Å². The molecule has 1 aromatic rings. The highest BCUT2D eigenvalue weighted by molar-refractivity contribution is 6.33. The van der Waals surface area contributed by atoms with E-state index in [2.05, 4.69) is 24.8 Å². The van der Waals surface area contributed by atoms with Crippen LogP contribution in [0.15, 0.2) is 12.1 Å². The summed E-state index contributed by atoms with van der Waals surface area (Å²) >= 11 is 6.12. The Hall–Kier alpha value is -0.890. The van der Waals surface area contributed by atoms with Gasteiger partial charge in [0, 0.05) is 13.1 Å². The van der Waals surface area contributed by atoms with Crippen LogP contribution in [0.5, 0.6) is 0 Å². The second-order valence-corrected chi connectivity index (χ2v) is 5.28. The van der Waals surface area contributed by atoms with Crippen LogP contribution in [0, 0.1) is 12.8 Å². The maximum Gasteiger partial charge on any atom is 0.0741 e. The van der Waals surface area contributed by atoms with E-state index in [0.717, 1.165) is 30.4 Å². The number of benzene rings is 1. The first-order valence-corrected chi connectivity index (χ1v) is 6.26. The molecule has 0 radical (unpaired) electrons. The highest BCUT2D eigenvalue weighted by Crippen LogP contribution is 2.34. The van der Waals surface area contributed by atoms with E-state index in [1.807, 2.05) is 6.07 Å². The maximum atomic E-state index is 6.12. The van der Waals surface area contributed by atoms with E-state index in [-0.39, 0.29) is 0 Å². The van der Waals surface area contributed by atoms with Gasteiger partial charge in [-0.15, -0.1) is 0 Å². The summed E-state index contributed by atoms with van der Waals surface area (Å²) in [6, 6.07) is 4.06. The van der Waals surface area contributed by atoms with Crippen molar-refractivity contribution in [2.24, 2.45) is 5.92 Å². The molecule has 1 aliphatic rings. The average molecular weight is 239 g/mol. The smallest absolute Gasteiger partial charge is 0.0741 e. The average Bonchev–Trinajstić information content (AvgIpc) is 2.23. The van der Waals surface area contributed by atoms with Crippen molar-refractivity contribution in [1.82, 2.24) is 0 Å². The lowest BCUT2D eigenvalue weighted by Gasteiger charge is -2.34. The second-order valence-electron chi connectivity index (χ2n) is 4.87. The summed E-state index contributed by atoms with van der Waals surface area (Å²) in [6.45, 7) is 6.53. The molecule has 0 aromatic heterocycles. The van der Waals surface area contributed by atoms with E-state index in [1.54, 1.807) is 0 Å². The van der Waals surface area contributed by atoms with Crippen molar-refractivity contribution >= 4 is 23.0 Å². The highest BCUT2D eigenvalue weighted by atomic mass is 35.5. The molecule has 1 atom stereocenters. The Bertz CT molecular complexity index is 390. The highest BCUT2D eigenvalue weighted by Gasteiger charge is 2.19. The summed E-state index contributed by atoms with van der Waals surface area (Å²) in [5.41, 5.74) is 9.06. The molecule has 1 aliphatic heterocycles. The number of nitrogen functional groups attached to an aromatic ring is 1. The number of piperidine rings is 1. The number of hydrogen-bond donors (Lipinski definition) is 1. The molecule has 0 saturated carbocycles. The summed E-state index contributed by atoms with van der Waals surface area (Å²) in [5.74, 6) is 0.743. The van der Waals surface area contributed by atoms with E-state index in [9.17, 15) is 0 Å². The molecule has 3 heteroatoms. The Morgan fingerprint density at radius 3 is 2.88 bits per heavy atom. The molecule has 2 N–H and O–H groups in total. The third kappa shape index (κ3) is 2.27. The normalized spacial score (nSPS) is 21.2. The Kier molecular flexibility index (Phi) is 3.29. The fourth-order valence-corrected chi connectivity index (χ4v) is 2.67. The van der Waals surface area contributed by atoms with Gasteiger partial charge in [0.2, 0.25) is 0 Å². The molecule has 2 rings (SSSR count). The van der Waals surface area contributed by atoms with E-state index >= 15 is 0 Å². The standard InChI is InChI=1S/C13H19ClN2/c1-9-4-3-5-16(8-9)12-7-10(2)6-11(14)13(12)15/h6-7,9H,3-5,8,15H2,1-2H3. The third-order valence-electron chi connectivity index (χ3n) is 3.25. The van der Waals surface area contributed by atoms with E-state index < -0.39 is 0 Å². The Morgan fingerprint density at radius 2 is 2.19 bits per heavy atom. The molecule has 16 heavy (non-hydrogen) atoms. The minimum absolute atomic E-state index is 0.674. The molecule has 1 heterocycles.